The first kappa shape index (κ1) is 18.9. The third-order valence-electron chi connectivity index (χ3n) is 5.16. The fraction of sp³-hybridized carbons (Fsp3) is 1.00. The summed E-state index contributed by atoms with van der Waals surface area (Å²) in [7, 11) is 4.42. The molecule has 0 aliphatic carbocycles. The normalized spacial score (nSPS) is 19.3. The molecule has 2 N–H and O–H groups in total. The Hall–Kier alpha value is -0.120. The summed E-state index contributed by atoms with van der Waals surface area (Å²) in [6, 6.07) is 1.40. The molecule has 3 nitrogen and oxygen atoms in total. The molecule has 1 aliphatic rings. The summed E-state index contributed by atoms with van der Waals surface area (Å²) in [4.78, 5) is 5.03. The van der Waals surface area contributed by atoms with Crippen molar-refractivity contribution >= 4 is 0 Å². The minimum Gasteiger partial charge on any atom is -0.329 e. The summed E-state index contributed by atoms with van der Waals surface area (Å²) in [5, 5.41) is 0. The standard InChI is InChI=1S/C18H39N3/c1-4-5-6-7-8-9-10-11-18(16-19)21-14-12-17(13-15-21)20(2)3/h17-18H,4-16,19H2,1-3H3. The van der Waals surface area contributed by atoms with Crippen molar-refractivity contribution < 1.29 is 0 Å². The summed E-state index contributed by atoms with van der Waals surface area (Å²) in [6.07, 6.45) is 13.7. The molecule has 1 atom stereocenters. The number of hydrogen-bond donors (Lipinski definition) is 1. The Morgan fingerprint density at radius 1 is 1.00 bits per heavy atom. The van der Waals surface area contributed by atoms with Gasteiger partial charge in [0, 0.05) is 18.6 Å². The average Bonchev–Trinajstić information content (AvgIpc) is 2.50. The minimum absolute atomic E-state index is 0.628. The third-order valence-corrected chi connectivity index (χ3v) is 5.16. The summed E-state index contributed by atoms with van der Waals surface area (Å²) in [5.74, 6) is 0. The van der Waals surface area contributed by atoms with Crippen molar-refractivity contribution in [3.63, 3.8) is 0 Å². The maximum Gasteiger partial charge on any atom is 0.0218 e. The molecule has 0 saturated carbocycles. The van der Waals surface area contributed by atoms with E-state index in [0.717, 1.165) is 12.6 Å². The highest BCUT2D eigenvalue weighted by Crippen LogP contribution is 2.19. The van der Waals surface area contributed by atoms with E-state index in [0.29, 0.717) is 6.04 Å². The Morgan fingerprint density at radius 3 is 2.10 bits per heavy atom. The number of likely N-dealkylation sites (tertiary alicyclic amines) is 1. The van der Waals surface area contributed by atoms with Crippen LogP contribution in [0.15, 0.2) is 0 Å². The number of rotatable bonds is 11. The predicted molar refractivity (Wildman–Crippen MR) is 93.7 cm³/mol. The van der Waals surface area contributed by atoms with Gasteiger partial charge in [0.25, 0.3) is 0 Å². The number of nitrogens with zero attached hydrogens (tertiary/aromatic N) is 2. The summed E-state index contributed by atoms with van der Waals surface area (Å²) in [6.45, 7) is 5.59. The van der Waals surface area contributed by atoms with Crippen molar-refractivity contribution in [2.24, 2.45) is 5.73 Å². The molecule has 1 saturated heterocycles. The van der Waals surface area contributed by atoms with Gasteiger partial charge in [0.05, 0.1) is 0 Å². The van der Waals surface area contributed by atoms with Crippen LogP contribution >= 0.6 is 0 Å². The molecule has 0 amide bonds. The molecular formula is C18H39N3. The van der Waals surface area contributed by atoms with Gasteiger partial charge in [-0.2, -0.15) is 0 Å². The highest BCUT2D eigenvalue weighted by atomic mass is 15.2. The number of nitrogens with two attached hydrogens (primary N) is 1. The second-order valence-corrected chi connectivity index (χ2v) is 7.03. The lowest BCUT2D eigenvalue weighted by atomic mass is 9.99. The lowest BCUT2D eigenvalue weighted by Crippen LogP contribution is -2.48. The van der Waals surface area contributed by atoms with E-state index in [1.165, 1.54) is 77.3 Å². The van der Waals surface area contributed by atoms with E-state index in [-0.39, 0.29) is 0 Å². The van der Waals surface area contributed by atoms with Gasteiger partial charge in [0.1, 0.15) is 0 Å². The lowest BCUT2D eigenvalue weighted by Gasteiger charge is -2.39. The SMILES string of the molecule is CCCCCCCCCC(CN)N1CCC(N(C)C)CC1. The molecule has 1 aliphatic heterocycles. The molecule has 126 valence electrons. The maximum atomic E-state index is 6.03. The zero-order valence-electron chi connectivity index (χ0n) is 14.8. The minimum atomic E-state index is 0.628. The highest BCUT2D eigenvalue weighted by molar-refractivity contribution is 4.82. The monoisotopic (exact) mass is 297 g/mol. The lowest BCUT2D eigenvalue weighted by molar-refractivity contribution is 0.105. The molecule has 1 fully saturated rings. The average molecular weight is 298 g/mol. The van der Waals surface area contributed by atoms with Crippen LogP contribution in [0.4, 0.5) is 0 Å². The molecule has 0 spiro atoms. The fourth-order valence-electron chi connectivity index (χ4n) is 3.55. The number of piperidine rings is 1. The van der Waals surface area contributed by atoms with Crippen LogP contribution in [0.5, 0.6) is 0 Å². The Kier molecular flexibility index (Phi) is 10.3. The topological polar surface area (TPSA) is 32.5 Å². The van der Waals surface area contributed by atoms with Gasteiger partial charge in [-0.25, -0.2) is 0 Å². The van der Waals surface area contributed by atoms with Crippen LogP contribution in [0.3, 0.4) is 0 Å². The highest BCUT2D eigenvalue weighted by Gasteiger charge is 2.24. The van der Waals surface area contributed by atoms with Crippen molar-refractivity contribution in [2.75, 3.05) is 33.7 Å². The van der Waals surface area contributed by atoms with Gasteiger partial charge in [-0.1, -0.05) is 51.9 Å². The summed E-state index contributed by atoms with van der Waals surface area (Å²) >= 11 is 0. The Labute approximate surface area is 133 Å². The van der Waals surface area contributed by atoms with Crippen LogP contribution in [-0.4, -0.2) is 55.6 Å². The zero-order chi connectivity index (χ0) is 15.5. The molecule has 1 rings (SSSR count). The third kappa shape index (κ3) is 7.62. The van der Waals surface area contributed by atoms with Gasteiger partial charge in [-0.15, -0.1) is 0 Å². The molecule has 0 aromatic rings. The van der Waals surface area contributed by atoms with Crippen molar-refractivity contribution in [1.29, 1.82) is 0 Å². The Morgan fingerprint density at radius 2 is 1.57 bits per heavy atom. The molecule has 1 heterocycles. The molecule has 0 aromatic carbocycles. The van der Waals surface area contributed by atoms with Gasteiger partial charge in [0.15, 0.2) is 0 Å². The largest absolute Gasteiger partial charge is 0.329 e. The van der Waals surface area contributed by atoms with Gasteiger partial charge >= 0.3 is 0 Å². The van der Waals surface area contributed by atoms with E-state index < -0.39 is 0 Å². The van der Waals surface area contributed by atoms with Gasteiger partial charge in [-0.05, 0) is 46.4 Å². The van der Waals surface area contributed by atoms with E-state index in [1.807, 2.05) is 0 Å². The molecule has 1 unspecified atom stereocenters. The molecule has 21 heavy (non-hydrogen) atoms. The quantitative estimate of drug-likeness (QED) is 0.593. The van der Waals surface area contributed by atoms with Crippen molar-refractivity contribution in [3.8, 4) is 0 Å². The smallest absolute Gasteiger partial charge is 0.0218 e. The molecule has 0 radical (unpaired) electrons. The molecule has 3 heteroatoms. The Bertz CT molecular complexity index is 235. The van der Waals surface area contributed by atoms with E-state index in [1.54, 1.807) is 0 Å². The van der Waals surface area contributed by atoms with Crippen LogP contribution in [0, 0.1) is 0 Å². The van der Waals surface area contributed by atoms with E-state index in [4.69, 9.17) is 5.73 Å². The van der Waals surface area contributed by atoms with Crippen LogP contribution in [-0.2, 0) is 0 Å². The van der Waals surface area contributed by atoms with Crippen molar-refractivity contribution in [2.45, 2.75) is 83.2 Å². The first-order valence-corrected chi connectivity index (χ1v) is 9.29. The molecule has 0 aromatic heterocycles. The van der Waals surface area contributed by atoms with E-state index in [9.17, 15) is 0 Å². The molecule has 0 bridgehead atoms. The summed E-state index contributed by atoms with van der Waals surface area (Å²) < 4.78 is 0. The van der Waals surface area contributed by atoms with Crippen LogP contribution < -0.4 is 5.73 Å². The maximum absolute atomic E-state index is 6.03. The van der Waals surface area contributed by atoms with Crippen LogP contribution in [0.1, 0.15) is 71.1 Å². The molecular weight excluding hydrogens is 258 g/mol. The second-order valence-electron chi connectivity index (χ2n) is 7.03. The second kappa shape index (κ2) is 11.4. The van der Waals surface area contributed by atoms with Gasteiger partial charge < -0.3 is 10.6 Å². The summed E-state index contributed by atoms with van der Waals surface area (Å²) in [5.41, 5.74) is 6.03. The first-order chi connectivity index (χ1) is 10.2. The van der Waals surface area contributed by atoms with E-state index >= 15 is 0 Å². The van der Waals surface area contributed by atoms with Crippen LogP contribution in [0.2, 0.25) is 0 Å². The van der Waals surface area contributed by atoms with Crippen molar-refractivity contribution in [1.82, 2.24) is 9.80 Å². The fourth-order valence-corrected chi connectivity index (χ4v) is 3.55. The zero-order valence-corrected chi connectivity index (χ0v) is 14.8. The predicted octanol–water partition coefficient (Wildman–Crippen LogP) is 3.48. The first-order valence-electron chi connectivity index (χ1n) is 9.29. The van der Waals surface area contributed by atoms with Gasteiger partial charge in [-0.3, -0.25) is 4.90 Å². The van der Waals surface area contributed by atoms with Gasteiger partial charge in [0.2, 0.25) is 0 Å². The number of hydrogen-bond acceptors (Lipinski definition) is 3. The van der Waals surface area contributed by atoms with E-state index in [2.05, 4.69) is 30.8 Å². The number of unbranched alkanes of at least 4 members (excludes halogenated alkanes) is 6. The Balaban J connectivity index is 2.11. The van der Waals surface area contributed by atoms with Crippen molar-refractivity contribution in [3.05, 3.63) is 0 Å². The van der Waals surface area contributed by atoms with Crippen LogP contribution in [0.25, 0.3) is 0 Å².